The van der Waals surface area contributed by atoms with Gasteiger partial charge in [0.25, 0.3) is 11.5 Å². The predicted octanol–water partition coefficient (Wildman–Crippen LogP) is 1.74. The average molecular weight is 407 g/mol. The summed E-state index contributed by atoms with van der Waals surface area (Å²) in [6.07, 6.45) is 0. The number of carbonyl (C=O) groups excluding carboxylic acids is 1. The highest BCUT2D eigenvalue weighted by Crippen LogP contribution is 2.28. The van der Waals surface area contributed by atoms with Crippen molar-refractivity contribution in [2.75, 3.05) is 25.7 Å². The Balaban J connectivity index is 1.50. The summed E-state index contributed by atoms with van der Waals surface area (Å²) in [5.74, 6) is 1.33. The summed E-state index contributed by atoms with van der Waals surface area (Å²) in [5.41, 5.74) is 1.07. The quantitative estimate of drug-likeness (QED) is 0.664. The molecule has 4 rings (SSSR count). The van der Waals surface area contributed by atoms with Crippen LogP contribution in [0.15, 0.2) is 53.3 Å². The number of nitrogens with zero attached hydrogens (tertiary/aromatic N) is 4. The van der Waals surface area contributed by atoms with E-state index in [2.05, 4.69) is 15.5 Å². The van der Waals surface area contributed by atoms with Gasteiger partial charge in [-0.2, -0.15) is 0 Å². The van der Waals surface area contributed by atoms with Gasteiger partial charge in [0.15, 0.2) is 0 Å². The SMILES string of the molecule is COc1ccc(CNC(=O)c2nnc3n(c2=O)CCN3c2ccc(OC)cc2)cc1. The number of carbonyl (C=O) groups is 1. The molecule has 0 unspecified atom stereocenters. The Morgan fingerprint density at radius 2 is 1.60 bits per heavy atom. The maximum Gasteiger partial charge on any atom is 0.286 e. The van der Waals surface area contributed by atoms with Crippen molar-refractivity contribution in [1.29, 1.82) is 0 Å². The molecule has 0 fully saturated rings. The van der Waals surface area contributed by atoms with Gasteiger partial charge < -0.3 is 19.7 Å². The van der Waals surface area contributed by atoms with E-state index in [9.17, 15) is 9.59 Å². The van der Waals surface area contributed by atoms with E-state index in [4.69, 9.17) is 9.47 Å². The molecule has 154 valence electrons. The fraction of sp³-hybridized carbons (Fsp3) is 0.238. The van der Waals surface area contributed by atoms with Crippen LogP contribution >= 0.6 is 0 Å². The zero-order valence-corrected chi connectivity index (χ0v) is 16.7. The number of benzene rings is 2. The van der Waals surface area contributed by atoms with Crippen LogP contribution < -0.4 is 25.2 Å². The van der Waals surface area contributed by atoms with Crippen LogP contribution in [0.4, 0.5) is 11.6 Å². The van der Waals surface area contributed by atoms with Crippen molar-refractivity contribution in [3.63, 3.8) is 0 Å². The van der Waals surface area contributed by atoms with Crippen LogP contribution in [0.25, 0.3) is 0 Å². The van der Waals surface area contributed by atoms with E-state index in [-0.39, 0.29) is 12.2 Å². The molecule has 0 aliphatic carbocycles. The second-order valence-corrected chi connectivity index (χ2v) is 6.69. The number of fused-ring (bicyclic) bond motifs is 1. The molecule has 0 saturated carbocycles. The number of nitrogens with one attached hydrogen (secondary N) is 1. The number of aromatic nitrogens is 3. The first-order valence-corrected chi connectivity index (χ1v) is 9.41. The zero-order valence-electron chi connectivity index (χ0n) is 16.7. The van der Waals surface area contributed by atoms with Gasteiger partial charge in [-0.1, -0.05) is 12.1 Å². The molecular formula is C21H21N5O4. The number of methoxy groups -OCH3 is 2. The molecule has 3 aromatic rings. The van der Waals surface area contributed by atoms with E-state index in [0.717, 1.165) is 22.7 Å². The van der Waals surface area contributed by atoms with Crippen LogP contribution in [0.5, 0.6) is 11.5 Å². The normalized spacial score (nSPS) is 12.4. The lowest BCUT2D eigenvalue weighted by atomic mass is 10.2. The van der Waals surface area contributed by atoms with Gasteiger partial charge in [0.1, 0.15) is 11.5 Å². The van der Waals surface area contributed by atoms with E-state index in [1.807, 2.05) is 41.3 Å². The molecule has 0 bridgehead atoms. The molecule has 2 heterocycles. The maximum absolute atomic E-state index is 12.8. The molecular weight excluding hydrogens is 386 g/mol. The standard InChI is InChI=1S/C21H21N5O4/c1-29-16-7-3-14(4-8-16)13-22-19(27)18-20(28)26-12-11-25(21(26)24-23-18)15-5-9-17(30-2)10-6-15/h3-10H,11-13H2,1-2H3,(H,22,27). The molecule has 9 heteroatoms. The second kappa shape index (κ2) is 8.24. The molecule has 1 N–H and O–H groups in total. The fourth-order valence-electron chi connectivity index (χ4n) is 3.27. The Bertz CT molecular complexity index is 1110. The van der Waals surface area contributed by atoms with Gasteiger partial charge in [-0.25, -0.2) is 0 Å². The first kappa shape index (κ1) is 19.4. The van der Waals surface area contributed by atoms with Crippen molar-refractivity contribution in [3.05, 3.63) is 70.1 Å². The van der Waals surface area contributed by atoms with E-state index in [0.29, 0.717) is 19.0 Å². The van der Waals surface area contributed by atoms with Crippen molar-refractivity contribution in [2.24, 2.45) is 0 Å². The van der Waals surface area contributed by atoms with Crippen LogP contribution in [0.2, 0.25) is 0 Å². The van der Waals surface area contributed by atoms with Gasteiger partial charge in [0, 0.05) is 25.3 Å². The van der Waals surface area contributed by atoms with E-state index < -0.39 is 11.5 Å². The van der Waals surface area contributed by atoms with Crippen molar-refractivity contribution in [2.45, 2.75) is 13.1 Å². The fourth-order valence-corrected chi connectivity index (χ4v) is 3.27. The Kier molecular flexibility index (Phi) is 5.34. The summed E-state index contributed by atoms with van der Waals surface area (Å²) in [7, 11) is 3.19. The Hall–Kier alpha value is -3.88. The second-order valence-electron chi connectivity index (χ2n) is 6.69. The molecule has 0 saturated heterocycles. The highest BCUT2D eigenvalue weighted by molar-refractivity contribution is 5.91. The number of rotatable bonds is 6. The van der Waals surface area contributed by atoms with Crippen LogP contribution in [-0.4, -0.2) is 41.4 Å². The zero-order chi connectivity index (χ0) is 21.1. The van der Waals surface area contributed by atoms with Gasteiger partial charge in [0.05, 0.1) is 14.2 Å². The lowest BCUT2D eigenvalue weighted by molar-refractivity contribution is 0.0942. The number of hydrogen-bond donors (Lipinski definition) is 1. The Labute approximate surface area is 172 Å². The molecule has 0 spiro atoms. The number of hydrogen-bond acceptors (Lipinski definition) is 7. The third kappa shape index (κ3) is 3.69. The predicted molar refractivity (Wildman–Crippen MR) is 110 cm³/mol. The largest absolute Gasteiger partial charge is 0.497 e. The molecule has 0 radical (unpaired) electrons. The third-order valence-electron chi connectivity index (χ3n) is 4.93. The average Bonchev–Trinajstić information content (AvgIpc) is 3.23. The highest BCUT2D eigenvalue weighted by Gasteiger charge is 2.27. The lowest BCUT2D eigenvalue weighted by Crippen LogP contribution is -2.34. The summed E-state index contributed by atoms with van der Waals surface area (Å²) in [6, 6.07) is 14.7. The summed E-state index contributed by atoms with van der Waals surface area (Å²) in [4.78, 5) is 27.2. The minimum absolute atomic E-state index is 0.219. The van der Waals surface area contributed by atoms with Crippen molar-refractivity contribution < 1.29 is 14.3 Å². The monoisotopic (exact) mass is 407 g/mol. The summed E-state index contributed by atoms with van der Waals surface area (Å²) in [5, 5.41) is 10.8. The van der Waals surface area contributed by atoms with E-state index in [1.165, 1.54) is 4.57 Å². The van der Waals surface area contributed by atoms with Crippen LogP contribution in [-0.2, 0) is 13.1 Å². The van der Waals surface area contributed by atoms with E-state index in [1.54, 1.807) is 26.4 Å². The summed E-state index contributed by atoms with van der Waals surface area (Å²) < 4.78 is 11.8. The molecule has 1 aromatic heterocycles. The van der Waals surface area contributed by atoms with Gasteiger partial charge in [-0.3, -0.25) is 14.2 Å². The minimum Gasteiger partial charge on any atom is -0.497 e. The summed E-state index contributed by atoms with van der Waals surface area (Å²) in [6.45, 7) is 1.26. The summed E-state index contributed by atoms with van der Waals surface area (Å²) >= 11 is 0. The van der Waals surface area contributed by atoms with Crippen LogP contribution in [0.1, 0.15) is 16.1 Å². The van der Waals surface area contributed by atoms with Gasteiger partial charge in [-0.05, 0) is 42.0 Å². The highest BCUT2D eigenvalue weighted by atomic mass is 16.5. The minimum atomic E-state index is -0.554. The molecule has 0 atom stereocenters. The molecule has 1 aliphatic heterocycles. The first-order valence-electron chi connectivity index (χ1n) is 9.41. The maximum atomic E-state index is 12.8. The van der Waals surface area contributed by atoms with Gasteiger partial charge in [-0.15, -0.1) is 10.2 Å². The topological polar surface area (TPSA) is 98.6 Å². The Morgan fingerprint density at radius 1 is 0.967 bits per heavy atom. The van der Waals surface area contributed by atoms with Crippen LogP contribution in [0, 0.1) is 0 Å². The van der Waals surface area contributed by atoms with Crippen molar-refractivity contribution in [1.82, 2.24) is 20.1 Å². The smallest absolute Gasteiger partial charge is 0.286 e. The molecule has 30 heavy (non-hydrogen) atoms. The third-order valence-corrected chi connectivity index (χ3v) is 4.93. The number of amides is 1. The van der Waals surface area contributed by atoms with Crippen LogP contribution in [0.3, 0.4) is 0 Å². The molecule has 1 aliphatic rings. The molecule has 1 amide bonds. The molecule has 2 aromatic carbocycles. The Morgan fingerprint density at radius 3 is 2.23 bits per heavy atom. The van der Waals surface area contributed by atoms with Crippen molar-refractivity contribution in [3.8, 4) is 11.5 Å². The number of ether oxygens (including phenoxy) is 2. The first-order chi connectivity index (χ1) is 14.6. The van der Waals surface area contributed by atoms with E-state index >= 15 is 0 Å². The molecule has 9 nitrogen and oxygen atoms in total. The van der Waals surface area contributed by atoms with Crippen molar-refractivity contribution >= 4 is 17.5 Å². The van der Waals surface area contributed by atoms with Gasteiger partial charge in [0.2, 0.25) is 11.6 Å². The number of anilines is 2. The lowest BCUT2D eigenvalue weighted by Gasteiger charge is -2.17. The van der Waals surface area contributed by atoms with Gasteiger partial charge >= 0.3 is 0 Å².